The summed E-state index contributed by atoms with van der Waals surface area (Å²) in [5.41, 5.74) is 2.13. The fourth-order valence-corrected chi connectivity index (χ4v) is 4.55. The third-order valence-corrected chi connectivity index (χ3v) is 6.80. The molecule has 0 aliphatic rings. The summed E-state index contributed by atoms with van der Waals surface area (Å²) >= 11 is 0. The van der Waals surface area contributed by atoms with E-state index in [0.717, 1.165) is 9.87 Å². The number of halogens is 2. The number of carbonyl (C=O) groups is 1. The lowest BCUT2D eigenvalue weighted by Crippen LogP contribution is -2.41. The van der Waals surface area contributed by atoms with Crippen LogP contribution >= 0.6 is 0 Å². The number of rotatable bonds is 8. The highest BCUT2D eigenvalue weighted by Crippen LogP contribution is 2.20. The van der Waals surface area contributed by atoms with E-state index in [-0.39, 0.29) is 17.3 Å². The normalized spacial score (nSPS) is 12.5. The van der Waals surface area contributed by atoms with Crippen LogP contribution in [0.1, 0.15) is 29.7 Å². The number of hydrogen-bond donors (Lipinski definition) is 1. The SMILES string of the molecule is Cc1ccc(S(=O)(=O)N(CC(=O)N[C@@H](C)c2ccc(F)cc2)Cc2ccc(F)cc2)cc1. The van der Waals surface area contributed by atoms with Gasteiger partial charge >= 0.3 is 0 Å². The first kappa shape index (κ1) is 23.6. The molecule has 3 aromatic carbocycles. The van der Waals surface area contributed by atoms with Crippen LogP contribution in [0.2, 0.25) is 0 Å². The van der Waals surface area contributed by atoms with Crippen molar-refractivity contribution in [3.8, 4) is 0 Å². The Hall–Kier alpha value is -3.10. The zero-order valence-corrected chi connectivity index (χ0v) is 18.6. The number of sulfonamides is 1. The van der Waals surface area contributed by atoms with E-state index in [1.807, 2.05) is 6.92 Å². The van der Waals surface area contributed by atoms with E-state index >= 15 is 0 Å². The molecular formula is C24H24F2N2O3S. The smallest absolute Gasteiger partial charge is 0.243 e. The lowest BCUT2D eigenvalue weighted by atomic mass is 10.1. The number of aryl methyl sites for hydroxylation is 1. The van der Waals surface area contributed by atoms with Gasteiger partial charge in [0.25, 0.3) is 0 Å². The molecule has 1 N–H and O–H groups in total. The van der Waals surface area contributed by atoms with Gasteiger partial charge in [-0.05, 0) is 61.4 Å². The van der Waals surface area contributed by atoms with Crippen LogP contribution < -0.4 is 5.32 Å². The fourth-order valence-electron chi connectivity index (χ4n) is 3.16. The highest BCUT2D eigenvalue weighted by molar-refractivity contribution is 7.89. The Morgan fingerprint density at radius 2 is 1.44 bits per heavy atom. The number of nitrogens with one attached hydrogen (secondary N) is 1. The van der Waals surface area contributed by atoms with Gasteiger partial charge in [0.1, 0.15) is 11.6 Å². The molecule has 0 unspecified atom stereocenters. The summed E-state index contributed by atoms with van der Waals surface area (Å²) in [7, 11) is -4.00. The Kier molecular flexibility index (Phi) is 7.37. The Morgan fingerprint density at radius 1 is 0.906 bits per heavy atom. The van der Waals surface area contributed by atoms with Gasteiger partial charge in [0, 0.05) is 6.54 Å². The zero-order valence-electron chi connectivity index (χ0n) is 17.8. The minimum Gasteiger partial charge on any atom is -0.348 e. The van der Waals surface area contributed by atoms with Crippen molar-refractivity contribution < 1.29 is 22.0 Å². The van der Waals surface area contributed by atoms with Crippen LogP contribution in [0.4, 0.5) is 8.78 Å². The predicted molar refractivity (Wildman–Crippen MR) is 118 cm³/mol. The van der Waals surface area contributed by atoms with Crippen LogP contribution in [-0.2, 0) is 21.4 Å². The third kappa shape index (κ3) is 5.99. The minimum atomic E-state index is -4.00. The fraction of sp³-hybridized carbons (Fsp3) is 0.208. The van der Waals surface area contributed by atoms with Gasteiger partial charge in [-0.2, -0.15) is 4.31 Å². The molecule has 0 aliphatic carbocycles. The van der Waals surface area contributed by atoms with E-state index < -0.39 is 34.3 Å². The van der Waals surface area contributed by atoms with Gasteiger partial charge in [-0.25, -0.2) is 17.2 Å². The summed E-state index contributed by atoms with van der Waals surface area (Å²) in [6.07, 6.45) is 0. The topological polar surface area (TPSA) is 66.5 Å². The van der Waals surface area contributed by atoms with Crippen molar-refractivity contribution in [3.63, 3.8) is 0 Å². The van der Waals surface area contributed by atoms with Gasteiger partial charge < -0.3 is 5.32 Å². The maximum Gasteiger partial charge on any atom is 0.243 e. The second-order valence-electron chi connectivity index (χ2n) is 7.55. The number of amides is 1. The first-order valence-electron chi connectivity index (χ1n) is 10.0. The number of benzene rings is 3. The van der Waals surface area contributed by atoms with Crippen LogP contribution in [0.5, 0.6) is 0 Å². The highest BCUT2D eigenvalue weighted by Gasteiger charge is 2.27. The van der Waals surface area contributed by atoms with Crippen molar-refractivity contribution >= 4 is 15.9 Å². The average molecular weight is 459 g/mol. The van der Waals surface area contributed by atoms with Crippen molar-refractivity contribution in [2.45, 2.75) is 31.3 Å². The molecule has 0 radical (unpaired) electrons. The Bertz CT molecular complexity index is 1160. The summed E-state index contributed by atoms with van der Waals surface area (Å²) in [6, 6.07) is 17.0. The van der Waals surface area contributed by atoms with E-state index in [2.05, 4.69) is 5.32 Å². The highest BCUT2D eigenvalue weighted by atomic mass is 32.2. The molecule has 1 amide bonds. The van der Waals surface area contributed by atoms with Gasteiger partial charge in [0.05, 0.1) is 17.5 Å². The summed E-state index contributed by atoms with van der Waals surface area (Å²) < 4.78 is 54.0. The van der Waals surface area contributed by atoms with Gasteiger partial charge in [0.15, 0.2) is 0 Å². The molecule has 0 saturated heterocycles. The van der Waals surface area contributed by atoms with Gasteiger partial charge in [-0.3, -0.25) is 4.79 Å². The monoisotopic (exact) mass is 458 g/mol. The Labute approximate surface area is 186 Å². The Morgan fingerprint density at radius 3 is 2.00 bits per heavy atom. The first-order valence-corrected chi connectivity index (χ1v) is 11.5. The van der Waals surface area contributed by atoms with E-state index in [1.54, 1.807) is 31.2 Å². The van der Waals surface area contributed by atoms with Crippen LogP contribution in [0.15, 0.2) is 77.7 Å². The molecule has 5 nitrogen and oxygen atoms in total. The van der Waals surface area contributed by atoms with Crippen molar-refractivity contribution in [1.82, 2.24) is 9.62 Å². The average Bonchev–Trinajstić information content (AvgIpc) is 2.75. The van der Waals surface area contributed by atoms with Crippen LogP contribution in [0, 0.1) is 18.6 Å². The minimum absolute atomic E-state index is 0.0598. The van der Waals surface area contributed by atoms with Crippen molar-refractivity contribution in [2.75, 3.05) is 6.54 Å². The molecule has 0 heterocycles. The maximum atomic E-state index is 13.3. The molecule has 168 valence electrons. The van der Waals surface area contributed by atoms with E-state index in [9.17, 15) is 22.0 Å². The second kappa shape index (κ2) is 10.0. The first-order chi connectivity index (χ1) is 15.1. The standard InChI is InChI=1S/C24H24F2N2O3S/c1-17-3-13-23(14-4-17)32(30,31)28(15-19-5-9-21(25)10-6-19)16-24(29)27-18(2)20-7-11-22(26)12-8-20/h3-14,18H,15-16H2,1-2H3,(H,27,29)/t18-/m0/s1. The number of nitrogens with zero attached hydrogens (tertiary/aromatic N) is 1. The van der Waals surface area contributed by atoms with Crippen LogP contribution in [-0.4, -0.2) is 25.2 Å². The third-order valence-electron chi connectivity index (χ3n) is 5.00. The van der Waals surface area contributed by atoms with E-state index in [0.29, 0.717) is 11.1 Å². The number of carbonyl (C=O) groups excluding carboxylic acids is 1. The van der Waals surface area contributed by atoms with E-state index in [1.165, 1.54) is 48.5 Å². The molecule has 0 bridgehead atoms. The lowest BCUT2D eigenvalue weighted by Gasteiger charge is -2.23. The van der Waals surface area contributed by atoms with Gasteiger partial charge in [-0.1, -0.05) is 42.0 Å². The molecule has 0 aromatic heterocycles. The molecule has 3 aromatic rings. The van der Waals surface area contributed by atoms with E-state index in [4.69, 9.17) is 0 Å². The van der Waals surface area contributed by atoms with Gasteiger partial charge in [-0.15, -0.1) is 0 Å². The predicted octanol–water partition coefficient (Wildman–Crippen LogP) is 4.34. The summed E-state index contributed by atoms with van der Waals surface area (Å²) in [5.74, 6) is -1.34. The second-order valence-corrected chi connectivity index (χ2v) is 9.49. The van der Waals surface area contributed by atoms with Crippen LogP contribution in [0.25, 0.3) is 0 Å². The molecule has 8 heteroatoms. The largest absolute Gasteiger partial charge is 0.348 e. The molecule has 3 rings (SSSR count). The molecule has 0 aliphatic heterocycles. The summed E-state index contributed by atoms with van der Waals surface area (Å²) in [5, 5.41) is 2.75. The molecule has 32 heavy (non-hydrogen) atoms. The molecule has 1 atom stereocenters. The maximum absolute atomic E-state index is 13.3. The Balaban J connectivity index is 1.82. The van der Waals surface area contributed by atoms with Crippen molar-refractivity contribution in [3.05, 3.63) is 101 Å². The zero-order chi connectivity index (χ0) is 23.3. The molecule has 0 saturated carbocycles. The molecular weight excluding hydrogens is 434 g/mol. The molecule has 0 spiro atoms. The summed E-state index contributed by atoms with van der Waals surface area (Å²) in [4.78, 5) is 12.8. The van der Waals surface area contributed by atoms with Crippen LogP contribution in [0.3, 0.4) is 0 Å². The van der Waals surface area contributed by atoms with Gasteiger partial charge in [0.2, 0.25) is 15.9 Å². The quantitative estimate of drug-likeness (QED) is 0.546. The molecule has 0 fully saturated rings. The van der Waals surface area contributed by atoms with Crippen molar-refractivity contribution in [2.24, 2.45) is 0 Å². The summed E-state index contributed by atoms with van der Waals surface area (Å²) in [6.45, 7) is 3.04. The van der Waals surface area contributed by atoms with Crippen molar-refractivity contribution in [1.29, 1.82) is 0 Å². The lowest BCUT2D eigenvalue weighted by molar-refractivity contribution is -0.122. The number of hydrogen-bond acceptors (Lipinski definition) is 3.